The van der Waals surface area contributed by atoms with E-state index in [1.165, 1.54) is 12.1 Å². The first-order valence-corrected chi connectivity index (χ1v) is 18.0. The third-order valence-electron chi connectivity index (χ3n) is 9.02. The number of benzene rings is 6. The summed E-state index contributed by atoms with van der Waals surface area (Å²) >= 11 is 0. The maximum Gasteiger partial charge on any atom is 0.340 e. The molecule has 0 bridgehead atoms. The van der Waals surface area contributed by atoms with Crippen LogP contribution in [-0.4, -0.2) is 21.4 Å². The van der Waals surface area contributed by atoms with Gasteiger partial charge in [0.05, 0.1) is 0 Å². The lowest BCUT2D eigenvalue weighted by Crippen LogP contribution is -2.18. The van der Waals surface area contributed by atoms with Crippen molar-refractivity contribution in [2.24, 2.45) is 0 Å². The number of rotatable bonds is 6. The van der Waals surface area contributed by atoms with Gasteiger partial charge >= 0.3 is 20.2 Å². The molecule has 0 spiro atoms. The molecule has 0 amide bonds. The second-order valence-electron chi connectivity index (χ2n) is 11.9. The van der Waals surface area contributed by atoms with Crippen LogP contribution in [0.5, 0.6) is 5.75 Å². The van der Waals surface area contributed by atoms with Crippen LogP contribution in [0.25, 0.3) is 56.0 Å². The second-order valence-corrected chi connectivity index (χ2v) is 14.8. The van der Waals surface area contributed by atoms with Gasteiger partial charge in [0.1, 0.15) is 4.90 Å². The van der Waals surface area contributed by atoms with E-state index in [2.05, 4.69) is 0 Å². The lowest BCUT2D eigenvalue weighted by atomic mass is 9.86. The third kappa shape index (κ3) is 4.93. The Kier molecular flexibility index (Phi) is 7.26. The van der Waals surface area contributed by atoms with Crippen LogP contribution < -0.4 is 4.18 Å². The van der Waals surface area contributed by atoms with Gasteiger partial charge in [-0.3, -0.25) is 4.55 Å². The standard InChI is InChI=1S/C38H22F4O6S2/c39-32-34(41)38(49(43,44)45)35(42)33(40)36(32)48-50(46,47)37-26(25-18-23-11-2-6-20-7-3-12-24(19-25)30(20)23)13-5-15-29(37)27-17-16-22-9-1-8-21-10-4-14-28(27)31(21)22/h1-6,8-9,11-19H,7,10H2,(H,43,44,45). The van der Waals surface area contributed by atoms with E-state index < -0.39 is 59.0 Å². The molecule has 2 aliphatic carbocycles. The fourth-order valence-electron chi connectivity index (χ4n) is 6.97. The molecule has 6 aromatic carbocycles. The molecule has 12 heteroatoms. The molecule has 0 fully saturated rings. The summed E-state index contributed by atoms with van der Waals surface area (Å²) in [5.74, 6) is -12.1. The minimum atomic E-state index is -5.80. The monoisotopic (exact) mass is 714 g/mol. The molecule has 0 saturated carbocycles. The highest BCUT2D eigenvalue weighted by Crippen LogP contribution is 2.44. The Hall–Kier alpha value is -5.30. The van der Waals surface area contributed by atoms with Crippen LogP contribution in [0.15, 0.2) is 101 Å². The van der Waals surface area contributed by atoms with Gasteiger partial charge in [0.2, 0.25) is 17.4 Å². The van der Waals surface area contributed by atoms with E-state index in [0.29, 0.717) is 29.5 Å². The van der Waals surface area contributed by atoms with Gasteiger partial charge in [-0.2, -0.15) is 25.6 Å². The van der Waals surface area contributed by atoms with E-state index in [4.69, 9.17) is 4.18 Å². The second kappa shape index (κ2) is 11.4. The average Bonchev–Trinajstić information content (AvgIpc) is 3.09. The van der Waals surface area contributed by atoms with Gasteiger partial charge in [-0.1, -0.05) is 91.0 Å². The summed E-state index contributed by atoms with van der Waals surface area (Å²) in [7, 11) is -11.2. The van der Waals surface area contributed by atoms with Crippen molar-refractivity contribution in [1.29, 1.82) is 0 Å². The number of halogens is 4. The molecule has 250 valence electrons. The molecule has 0 aromatic heterocycles. The van der Waals surface area contributed by atoms with Crippen LogP contribution in [0, 0.1) is 23.3 Å². The summed E-state index contributed by atoms with van der Waals surface area (Å²) in [5, 5.41) is 3.54. The van der Waals surface area contributed by atoms with Crippen LogP contribution in [0.4, 0.5) is 17.6 Å². The van der Waals surface area contributed by atoms with Crippen molar-refractivity contribution < 1.29 is 43.1 Å². The Bertz CT molecular complexity index is 2740. The molecule has 0 unspecified atom stereocenters. The molecule has 0 atom stereocenters. The Labute approximate surface area is 283 Å². The fraction of sp³-hybridized carbons (Fsp3) is 0.0526. The topological polar surface area (TPSA) is 97.7 Å². The minimum Gasteiger partial charge on any atom is -0.372 e. The van der Waals surface area contributed by atoms with Gasteiger partial charge in [-0.25, -0.2) is 8.78 Å². The zero-order chi connectivity index (χ0) is 35.1. The van der Waals surface area contributed by atoms with Gasteiger partial charge < -0.3 is 4.18 Å². The van der Waals surface area contributed by atoms with Gasteiger partial charge in [0.25, 0.3) is 0 Å². The predicted octanol–water partition coefficient (Wildman–Crippen LogP) is 9.04. The Morgan fingerprint density at radius 1 is 0.600 bits per heavy atom. The summed E-state index contributed by atoms with van der Waals surface area (Å²) in [6.45, 7) is 0. The predicted molar refractivity (Wildman–Crippen MR) is 182 cm³/mol. The molecule has 0 saturated heterocycles. The van der Waals surface area contributed by atoms with Crippen molar-refractivity contribution in [3.05, 3.63) is 137 Å². The summed E-state index contributed by atoms with van der Waals surface area (Å²) in [5.41, 5.74) is 4.47. The maximum atomic E-state index is 15.2. The molecule has 1 N–H and O–H groups in total. The number of hydrogen-bond acceptors (Lipinski definition) is 5. The Morgan fingerprint density at radius 2 is 1.22 bits per heavy atom. The van der Waals surface area contributed by atoms with Gasteiger partial charge in [-0.05, 0) is 79.9 Å². The number of allylic oxidation sites excluding steroid dienone is 2. The van der Waals surface area contributed by atoms with E-state index in [0.717, 1.165) is 38.2 Å². The van der Waals surface area contributed by atoms with E-state index in [9.17, 15) is 30.2 Å². The zero-order valence-corrected chi connectivity index (χ0v) is 27.2. The molecule has 0 radical (unpaired) electrons. The largest absolute Gasteiger partial charge is 0.372 e. The van der Waals surface area contributed by atoms with Crippen molar-refractivity contribution in [3.8, 4) is 28.0 Å². The third-order valence-corrected chi connectivity index (χ3v) is 11.2. The highest BCUT2D eigenvalue weighted by molar-refractivity contribution is 7.87. The number of hydrogen-bond donors (Lipinski definition) is 1. The quantitative estimate of drug-likeness (QED) is 0.0801. The van der Waals surface area contributed by atoms with E-state index in [1.807, 2.05) is 66.8 Å². The van der Waals surface area contributed by atoms with Crippen molar-refractivity contribution in [3.63, 3.8) is 0 Å². The highest BCUT2D eigenvalue weighted by Gasteiger charge is 2.37. The molecular formula is C38H22F4O6S2. The smallest absolute Gasteiger partial charge is 0.340 e. The molecule has 6 nitrogen and oxygen atoms in total. The molecule has 8 rings (SSSR count). The molecule has 50 heavy (non-hydrogen) atoms. The zero-order valence-electron chi connectivity index (χ0n) is 25.5. The summed E-state index contributed by atoms with van der Waals surface area (Å²) in [4.78, 5) is -2.89. The summed E-state index contributed by atoms with van der Waals surface area (Å²) in [6, 6.07) is 23.1. The Balaban J connectivity index is 1.42. The lowest BCUT2D eigenvalue weighted by Gasteiger charge is -2.21. The van der Waals surface area contributed by atoms with Crippen LogP contribution in [0.3, 0.4) is 0 Å². The molecular weight excluding hydrogens is 693 g/mol. The molecule has 0 aliphatic heterocycles. The fourth-order valence-corrected chi connectivity index (χ4v) is 8.95. The van der Waals surface area contributed by atoms with Crippen molar-refractivity contribution in [2.75, 3.05) is 0 Å². The minimum absolute atomic E-state index is 0.0571. The highest BCUT2D eigenvalue weighted by atomic mass is 32.2. The SMILES string of the molecule is O=S(=O)(O)c1c(F)c(F)c(OS(=O)(=O)c2c(-c3cc4c5c(cccc5c3)CC=C4)cccc2-c2ccc3cccc4c3c2C=CC4)c(F)c1F. The molecule has 6 aromatic rings. The van der Waals surface area contributed by atoms with Gasteiger partial charge in [0.15, 0.2) is 16.5 Å². The first-order chi connectivity index (χ1) is 23.8. The van der Waals surface area contributed by atoms with E-state index in [1.54, 1.807) is 24.3 Å². The first-order valence-electron chi connectivity index (χ1n) is 15.2. The van der Waals surface area contributed by atoms with Gasteiger partial charge in [-0.15, -0.1) is 0 Å². The van der Waals surface area contributed by atoms with Crippen molar-refractivity contribution in [2.45, 2.75) is 22.6 Å². The maximum absolute atomic E-state index is 15.2. The van der Waals surface area contributed by atoms with E-state index >= 15 is 8.78 Å². The molecule has 2 aliphatic rings. The lowest BCUT2D eigenvalue weighted by molar-refractivity contribution is 0.365. The normalized spacial score (nSPS) is 13.7. The Morgan fingerprint density at radius 3 is 1.92 bits per heavy atom. The van der Waals surface area contributed by atoms with Crippen molar-refractivity contribution in [1.82, 2.24) is 0 Å². The van der Waals surface area contributed by atoms with Crippen molar-refractivity contribution >= 4 is 53.9 Å². The molecule has 0 heterocycles. The van der Waals surface area contributed by atoms with Crippen LogP contribution in [0.1, 0.15) is 22.3 Å². The summed E-state index contributed by atoms with van der Waals surface area (Å²) < 4.78 is 126. The van der Waals surface area contributed by atoms with Crippen LogP contribution >= 0.6 is 0 Å². The first kappa shape index (κ1) is 31.9. The average molecular weight is 715 g/mol. The van der Waals surface area contributed by atoms with Gasteiger partial charge in [0, 0.05) is 11.1 Å². The van der Waals surface area contributed by atoms with Crippen LogP contribution in [-0.2, 0) is 33.1 Å². The van der Waals surface area contributed by atoms with E-state index in [-0.39, 0.29) is 11.1 Å². The summed E-state index contributed by atoms with van der Waals surface area (Å²) in [6.07, 6.45) is 8.96. The van der Waals surface area contributed by atoms with Crippen LogP contribution in [0.2, 0.25) is 0 Å².